The predicted molar refractivity (Wildman–Crippen MR) is 105 cm³/mol. The Bertz CT molecular complexity index is 896. The van der Waals surface area contributed by atoms with Gasteiger partial charge in [0.2, 0.25) is 0 Å². The normalized spacial score (nSPS) is 13.8. The zero-order valence-corrected chi connectivity index (χ0v) is 14.6. The highest BCUT2D eigenvalue weighted by Gasteiger charge is 2.12. The summed E-state index contributed by atoms with van der Waals surface area (Å²) in [5.74, 6) is 0. The number of amides is 2. The van der Waals surface area contributed by atoms with Gasteiger partial charge in [0.1, 0.15) is 0 Å². The second-order valence-corrected chi connectivity index (χ2v) is 6.57. The summed E-state index contributed by atoms with van der Waals surface area (Å²) in [6.45, 7) is 2.78. The van der Waals surface area contributed by atoms with E-state index in [4.69, 9.17) is 0 Å². The maximum Gasteiger partial charge on any atom is 0.319 e. The van der Waals surface area contributed by atoms with Gasteiger partial charge in [-0.3, -0.25) is 4.98 Å². The molecule has 1 saturated heterocycles. The van der Waals surface area contributed by atoms with Gasteiger partial charge >= 0.3 is 6.03 Å². The van der Waals surface area contributed by atoms with E-state index in [1.54, 1.807) is 12.4 Å². The Labute approximate surface area is 153 Å². The number of rotatable bonds is 4. The number of carbonyl (C=O) groups is 1. The smallest absolute Gasteiger partial charge is 0.319 e. The maximum atomic E-state index is 12.3. The Morgan fingerprint density at radius 2 is 1.85 bits per heavy atom. The molecule has 0 atom stereocenters. The van der Waals surface area contributed by atoms with E-state index in [0.717, 1.165) is 35.1 Å². The molecule has 0 unspecified atom stereocenters. The lowest BCUT2D eigenvalue weighted by Crippen LogP contribution is -2.28. The molecule has 1 aliphatic rings. The second kappa shape index (κ2) is 7.44. The van der Waals surface area contributed by atoms with Crippen LogP contribution in [0, 0.1) is 0 Å². The van der Waals surface area contributed by atoms with Crippen LogP contribution in [0.4, 0.5) is 16.2 Å². The molecule has 4 rings (SSSR count). The van der Waals surface area contributed by atoms with Gasteiger partial charge in [0.15, 0.2) is 0 Å². The number of aromatic nitrogens is 1. The van der Waals surface area contributed by atoms with Gasteiger partial charge in [0.25, 0.3) is 0 Å². The van der Waals surface area contributed by atoms with E-state index in [1.165, 1.54) is 18.5 Å². The molecule has 1 fully saturated rings. The van der Waals surface area contributed by atoms with Gasteiger partial charge in [-0.1, -0.05) is 24.3 Å². The first kappa shape index (κ1) is 16.4. The fourth-order valence-electron chi connectivity index (χ4n) is 3.38. The van der Waals surface area contributed by atoms with Crippen LogP contribution in [0.3, 0.4) is 0 Å². The van der Waals surface area contributed by atoms with Crippen molar-refractivity contribution >= 4 is 28.2 Å². The van der Waals surface area contributed by atoms with Crippen molar-refractivity contribution in [2.75, 3.05) is 23.3 Å². The molecular weight excluding hydrogens is 324 g/mol. The molecule has 5 heteroatoms. The lowest BCUT2D eigenvalue weighted by molar-refractivity contribution is 0.252. The third-order valence-electron chi connectivity index (χ3n) is 4.79. The van der Waals surface area contributed by atoms with Gasteiger partial charge in [0.05, 0.1) is 5.69 Å². The van der Waals surface area contributed by atoms with Gasteiger partial charge in [-0.05, 0) is 42.7 Å². The van der Waals surface area contributed by atoms with Crippen LogP contribution in [0.1, 0.15) is 18.4 Å². The summed E-state index contributed by atoms with van der Waals surface area (Å²) in [5, 5.41) is 7.83. The largest absolute Gasteiger partial charge is 0.372 e. The highest BCUT2D eigenvalue weighted by atomic mass is 16.2. The number of anilines is 2. The van der Waals surface area contributed by atoms with E-state index in [0.29, 0.717) is 6.54 Å². The number of benzene rings is 2. The number of fused-ring (bicyclic) bond motifs is 1. The third kappa shape index (κ3) is 3.61. The van der Waals surface area contributed by atoms with E-state index >= 15 is 0 Å². The van der Waals surface area contributed by atoms with Crippen LogP contribution in [0.25, 0.3) is 10.8 Å². The van der Waals surface area contributed by atoms with Crippen LogP contribution in [0.2, 0.25) is 0 Å². The second-order valence-electron chi connectivity index (χ2n) is 6.57. The zero-order chi connectivity index (χ0) is 17.8. The molecule has 0 radical (unpaired) electrons. The summed E-state index contributed by atoms with van der Waals surface area (Å²) in [5.41, 5.74) is 3.14. The minimum Gasteiger partial charge on any atom is -0.372 e. The molecule has 2 heterocycles. The molecule has 3 aromatic rings. The molecule has 132 valence electrons. The molecule has 2 aromatic carbocycles. The fourth-order valence-corrected chi connectivity index (χ4v) is 3.38. The quantitative estimate of drug-likeness (QED) is 0.746. The molecule has 2 amide bonds. The van der Waals surface area contributed by atoms with Crippen molar-refractivity contribution in [3.63, 3.8) is 0 Å². The monoisotopic (exact) mass is 346 g/mol. The van der Waals surface area contributed by atoms with Crippen molar-refractivity contribution in [1.29, 1.82) is 0 Å². The van der Waals surface area contributed by atoms with E-state index < -0.39 is 0 Å². The number of hydrogen-bond donors (Lipinski definition) is 2. The number of hydrogen-bond acceptors (Lipinski definition) is 3. The summed E-state index contributed by atoms with van der Waals surface area (Å²) in [7, 11) is 0. The minimum atomic E-state index is -0.210. The average Bonchev–Trinajstić information content (AvgIpc) is 3.22. The maximum absolute atomic E-state index is 12.3. The van der Waals surface area contributed by atoms with Gasteiger partial charge in [-0.2, -0.15) is 0 Å². The summed E-state index contributed by atoms with van der Waals surface area (Å²) in [6.07, 6.45) is 6.06. The molecule has 26 heavy (non-hydrogen) atoms. The molecule has 0 spiro atoms. The number of carbonyl (C=O) groups excluding carboxylic acids is 1. The minimum absolute atomic E-state index is 0.210. The Morgan fingerprint density at radius 1 is 1.04 bits per heavy atom. The molecule has 0 saturated carbocycles. The lowest BCUT2D eigenvalue weighted by atomic mass is 10.1. The van der Waals surface area contributed by atoms with Gasteiger partial charge in [-0.25, -0.2) is 4.79 Å². The summed E-state index contributed by atoms with van der Waals surface area (Å²) in [6, 6.07) is 15.9. The first-order chi connectivity index (χ1) is 12.8. The van der Waals surface area contributed by atoms with Crippen LogP contribution in [-0.2, 0) is 6.54 Å². The van der Waals surface area contributed by atoms with Crippen molar-refractivity contribution in [2.24, 2.45) is 0 Å². The summed E-state index contributed by atoms with van der Waals surface area (Å²) in [4.78, 5) is 18.8. The van der Waals surface area contributed by atoms with E-state index in [2.05, 4.69) is 44.8 Å². The Morgan fingerprint density at radius 3 is 2.65 bits per heavy atom. The highest BCUT2D eigenvalue weighted by molar-refractivity contribution is 6.01. The van der Waals surface area contributed by atoms with Crippen LogP contribution in [0.15, 0.2) is 60.9 Å². The third-order valence-corrected chi connectivity index (χ3v) is 4.79. The van der Waals surface area contributed by atoms with Crippen molar-refractivity contribution in [1.82, 2.24) is 10.3 Å². The summed E-state index contributed by atoms with van der Waals surface area (Å²) >= 11 is 0. The topological polar surface area (TPSA) is 57.3 Å². The average molecular weight is 346 g/mol. The van der Waals surface area contributed by atoms with Crippen LogP contribution in [0.5, 0.6) is 0 Å². The van der Waals surface area contributed by atoms with Crippen molar-refractivity contribution in [2.45, 2.75) is 19.4 Å². The molecule has 1 aromatic heterocycles. The first-order valence-electron chi connectivity index (χ1n) is 9.01. The number of pyridine rings is 1. The van der Waals surface area contributed by atoms with Crippen molar-refractivity contribution < 1.29 is 4.79 Å². The zero-order valence-electron chi connectivity index (χ0n) is 14.6. The Balaban J connectivity index is 1.36. The van der Waals surface area contributed by atoms with Gasteiger partial charge in [0, 0.05) is 48.5 Å². The van der Waals surface area contributed by atoms with E-state index in [-0.39, 0.29) is 6.03 Å². The highest BCUT2D eigenvalue weighted by Crippen LogP contribution is 2.22. The van der Waals surface area contributed by atoms with Crippen molar-refractivity contribution in [3.8, 4) is 0 Å². The van der Waals surface area contributed by atoms with E-state index in [9.17, 15) is 4.79 Å². The van der Waals surface area contributed by atoms with E-state index in [1.807, 2.05) is 24.3 Å². The molecular formula is C21H22N4O. The fraction of sp³-hybridized carbons (Fsp3) is 0.238. The van der Waals surface area contributed by atoms with Crippen LogP contribution in [-0.4, -0.2) is 24.1 Å². The van der Waals surface area contributed by atoms with Crippen molar-refractivity contribution in [3.05, 3.63) is 66.5 Å². The Hall–Kier alpha value is -3.08. The number of urea groups is 1. The van der Waals surface area contributed by atoms with Crippen LogP contribution < -0.4 is 15.5 Å². The molecule has 1 aliphatic heterocycles. The van der Waals surface area contributed by atoms with Gasteiger partial charge in [-0.15, -0.1) is 0 Å². The molecule has 5 nitrogen and oxygen atoms in total. The van der Waals surface area contributed by atoms with Gasteiger partial charge < -0.3 is 15.5 Å². The first-order valence-corrected chi connectivity index (χ1v) is 9.01. The standard InChI is InChI=1S/C21H22N4O/c26-21(24-20-5-3-4-17-15-22-11-10-19(17)20)23-14-16-6-8-18(9-7-16)25-12-1-2-13-25/h3-11,15H,1-2,12-14H2,(H2,23,24,26). The SMILES string of the molecule is O=C(NCc1ccc(N2CCCC2)cc1)Nc1cccc2cnccc12. The van der Waals surface area contributed by atoms with Crippen LogP contribution >= 0.6 is 0 Å². The predicted octanol–water partition coefficient (Wildman–Crippen LogP) is 4.16. The Kier molecular flexibility index (Phi) is 4.69. The number of nitrogens with one attached hydrogen (secondary N) is 2. The lowest BCUT2D eigenvalue weighted by Gasteiger charge is -2.17. The summed E-state index contributed by atoms with van der Waals surface area (Å²) < 4.78 is 0. The number of nitrogens with zero attached hydrogens (tertiary/aromatic N) is 2. The molecule has 2 N–H and O–H groups in total. The molecule has 0 bridgehead atoms. The molecule has 0 aliphatic carbocycles.